The van der Waals surface area contributed by atoms with Gasteiger partial charge in [0.1, 0.15) is 18.2 Å². The first-order chi connectivity index (χ1) is 16.0. The van der Waals surface area contributed by atoms with Gasteiger partial charge in [-0.25, -0.2) is 9.97 Å². The summed E-state index contributed by atoms with van der Waals surface area (Å²) in [4.78, 5) is 25.6. The Morgan fingerprint density at radius 2 is 1.76 bits per heavy atom. The standard InChI is InChI=1S/C25H24N6O2/c1-17-14-18(2)28-25(27-17)31-23(15-19(3)30-31)29-24(32)12-9-20-7-10-22(11-8-20)33-16-21-6-4-5-13-26-21/h4-15H,16H2,1-3H3,(H,29,32)/b12-9+. The van der Waals surface area contributed by atoms with Crippen LogP contribution in [0.2, 0.25) is 0 Å². The Morgan fingerprint density at radius 1 is 1.00 bits per heavy atom. The summed E-state index contributed by atoms with van der Waals surface area (Å²) in [6, 6.07) is 16.9. The van der Waals surface area contributed by atoms with Gasteiger partial charge in [-0.15, -0.1) is 0 Å². The zero-order chi connectivity index (χ0) is 23.2. The second kappa shape index (κ2) is 9.86. The molecule has 0 unspecified atom stereocenters. The number of hydrogen-bond acceptors (Lipinski definition) is 6. The molecular weight excluding hydrogens is 416 g/mol. The van der Waals surface area contributed by atoms with Crippen LogP contribution in [0.4, 0.5) is 5.82 Å². The van der Waals surface area contributed by atoms with Crippen molar-refractivity contribution in [3.05, 3.63) is 95.2 Å². The van der Waals surface area contributed by atoms with Crippen LogP contribution in [-0.4, -0.2) is 30.6 Å². The number of pyridine rings is 1. The third-order valence-corrected chi connectivity index (χ3v) is 4.66. The molecule has 0 fully saturated rings. The smallest absolute Gasteiger partial charge is 0.252 e. The molecule has 33 heavy (non-hydrogen) atoms. The van der Waals surface area contributed by atoms with Gasteiger partial charge in [0.25, 0.3) is 5.95 Å². The molecule has 4 rings (SSSR count). The van der Waals surface area contributed by atoms with Gasteiger partial charge < -0.3 is 10.1 Å². The van der Waals surface area contributed by atoms with E-state index in [4.69, 9.17) is 4.74 Å². The van der Waals surface area contributed by atoms with Crippen LogP contribution in [0.5, 0.6) is 5.75 Å². The minimum Gasteiger partial charge on any atom is -0.487 e. The van der Waals surface area contributed by atoms with Crippen molar-refractivity contribution >= 4 is 17.8 Å². The Balaban J connectivity index is 1.39. The molecule has 0 saturated carbocycles. The van der Waals surface area contributed by atoms with Gasteiger partial charge in [0.2, 0.25) is 5.91 Å². The molecule has 8 nitrogen and oxygen atoms in total. The molecule has 0 aliphatic rings. The number of rotatable bonds is 7. The number of anilines is 1. The Kier molecular flexibility index (Phi) is 6.54. The van der Waals surface area contributed by atoms with Crippen LogP contribution < -0.4 is 10.1 Å². The Hall–Kier alpha value is -4.33. The van der Waals surface area contributed by atoms with Crippen LogP contribution in [0.25, 0.3) is 12.0 Å². The van der Waals surface area contributed by atoms with Crippen molar-refractivity contribution in [2.75, 3.05) is 5.32 Å². The van der Waals surface area contributed by atoms with Crippen molar-refractivity contribution in [3.63, 3.8) is 0 Å². The van der Waals surface area contributed by atoms with Gasteiger partial charge in [-0.05, 0) is 62.7 Å². The van der Waals surface area contributed by atoms with E-state index in [-0.39, 0.29) is 5.91 Å². The quantitative estimate of drug-likeness (QED) is 0.433. The monoisotopic (exact) mass is 440 g/mol. The minimum absolute atomic E-state index is 0.281. The fourth-order valence-corrected chi connectivity index (χ4v) is 3.20. The van der Waals surface area contributed by atoms with Crippen molar-refractivity contribution in [1.29, 1.82) is 0 Å². The maximum atomic E-state index is 12.5. The molecule has 1 amide bonds. The van der Waals surface area contributed by atoms with Crippen molar-refractivity contribution in [2.45, 2.75) is 27.4 Å². The van der Waals surface area contributed by atoms with Crippen molar-refractivity contribution < 1.29 is 9.53 Å². The average Bonchev–Trinajstić information content (AvgIpc) is 3.17. The molecule has 166 valence electrons. The zero-order valence-electron chi connectivity index (χ0n) is 18.7. The van der Waals surface area contributed by atoms with Crippen molar-refractivity contribution in [1.82, 2.24) is 24.7 Å². The van der Waals surface area contributed by atoms with E-state index in [1.54, 1.807) is 18.3 Å². The highest BCUT2D eigenvalue weighted by Gasteiger charge is 2.12. The number of aromatic nitrogens is 5. The first kappa shape index (κ1) is 21.9. The van der Waals surface area contributed by atoms with E-state index in [1.165, 1.54) is 10.8 Å². The molecule has 3 heterocycles. The molecular formula is C25H24N6O2. The van der Waals surface area contributed by atoms with Gasteiger partial charge in [-0.1, -0.05) is 18.2 Å². The molecule has 0 bridgehead atoms. The van der Waals surface area contributed by atoms with Crippen LogP contribution >= 0.6 is 0 Å². The van der Waals surface area contributed by atoms with Crippen molar-refractivity contribution in [3.8, 4) is 11.7 Å². The molecule has 3 aromatic heterocycles. The molecule has 0 aliphatic heterocycles. The molecule has 0 radical (unpaired) electrons. The van der Waals surface area contributed by atoms with Gasteiger partial charge in [0, 0.05) is 29.7 Å². The summed E-state index contributed by atoms with van der Waals surface area (Å²) >= 11 is 0. The summed E-state index contributed by atoms with van der Waals surface area (Å²) in [6.45, 7) is 6.03. The Morgan fingerprint density at radius 3 is 2.45 bits per heavy atom. The summed E-state index contributed by atoms with van der Waals surface area (Å²) in [5, 5.41) is 7.27. The molecule has 1 N–H and O–H groups in total. The lowest BCUT2D eigenvalue weighted by molar-refractivity contribution is -0.111. The van der Waals surface area contributed by atoms with Crippen LogP contribution in [0.15, 0.2) is 66.9 Å². The topological polar surface area (TPSA) is 94.8 Å². The molecule has 8 heteroatoms. The third kappa shape index (κ3) is 5.88. The molecule has 0 aliphatic carbocycles. The van der Waals surface area contributed by atoms with E-state index in [2.05, 4.69) is 25.4 Å². The van der Waals surface area contributed by atoms with Gasteiger partial charge in [-0.2, -0.15) is 9.78 Å². The van der Waals surface area contributed by atoms with Crippen LogP contribution in [0.3, 0.4) is 0 Å². The second-order valence-electron chi connectivity index (χ2n) is 7.53. The fourth-order valence-electron chi connectivity index (χ4n) is 3.20. The highest BCUT2D eigenvalue weighted by atomic mass is 16.5. The molecule has 1 aromatic carbocycles. The van der Waals surface area contributed by atoms with Crippen LogP contribution in [0.1, 0.15) is 28.3 Å². The lowest BCUT2D eigenvalue weighted by Gasteiger charge is -2.07. The normalized spacial score (nSPS) is 11.0. The van der Waals surface area contributed by atoms with Gasteiger partial charge >= 0.3 is 0 Å². The number of nitrogens with one attached hydrogen (secondary N) is 1. The summed E-state index contributed by atoms with van der Waals surface area (Å²) < 4.78 is 7.28. The van der Waals surface area contributed by atoms with Crippen LogP contribution in [-0.2, 0) is 11.4 Å². The van der Waals surface area contributed by atoms with E-state index >= 15 is 0 Å². The lowest BCUT2D eigenvalue weighted by atomic mass is 10.2. The third-order valence-electron chi connectivity index (χ3n) is 4.66. The summed E-state index contributed by atoms with van der Waals surface area (Å²) in [7, 11) is 0. The summed E-state index contributed by atoms with van der Waals surface area (Å²) in [5.41, 5.74) is 4.14. The number of benzene rings is 1. The van der Waals surface area contributed by atoms with E-state index in [1.807, 2.05) is 69.3 Å². The van der Waals surface area contributed by atoms with E-state index in [9.17, 15) is 4.79 Å². The number of ether oxygens (including phenoxy) is 1. The number of hydrogen-bond donors (Lipinski definition) is 1. The number of carbonyl (C=O) groups is 1. The van der Waals surface area contributed by atoms with Crippen LogP contribution in [0, 0.1) is 20.8 Å². The fraction of sp³-hybridized carbons (Fsp3) is 0.160. The SMILES string of the molecule is Cc1cc(C)nc(-n2nc(C)cc2NC(=O)/C=C/c2ccc(OCc3ccccn3)cc2)n1. The predicted molar refractivity (Wildman–Crippen MR) is 126 cm³/mol. The lowest BCUT2D eigenvalue weighted by Crippen LogP contribution is -2.14. The Bertz CT molecular complexity index is 1260. The largest absolute Gasteiger partial charge is 0.487 e. The number of aryl methyl sites for hydroxylation is 3. The van der Waals surface area contributed by atoms with Crippen molar-refractivity contribution in [2.24, 2.45) is 0 Å². The molecule has 0 atom stereocenters. The second-order valence-corrected chi connectivity index (χ2v) is 7.53. The van der Waals surface area contributed by atoms with E-state index < -0.39 is 0 Å². The number of nitrogens with zero attached hydrogens (tertiary/aromatic N) is 5. The highest BCUT2D eigenvalue weighted by Crippen LogP contribution is 2.17. The average molecular weight is 441 g/mol. The Labute approximate surface area is 192 Å². The molecule has 0 spiro atoms. The van der Waals surface area contributed by atoms with E-state index in [0.29, 0.717) is 18.4 Å². The highest BCUT2D eigenvalue weighted by molar-refractivity contribution is 6.01. The summed E-state index contributed by atoms with van der Waals surface area (Å²) in [6.07, 6.45) is 4.94. The first-order valence-corrected chi connectivity index (χ1v) is 10.5. The number of carbonyl (C=O) groups excluding carboxylic acids is 1. The van der Waals surface area contributed by atoms with Gasteiger partial charge in [0.15, 0.2) is 0 Å². The molecule has 4 aromatic rings. The van der Waals surface area contributed by atoms with E-state index in [0.717, 1.165) is 34.1 Å². The number of amides is 1. The molecule has 0 saturated heterocycles. The summed E-state index contributed by atoms with van der Waals surface area (Å²) in [5.74, 6) is 1.37. The predicted octanol–water partition coefficient (Wildman–Crippen LogP) is 4.21. The minimum atomic E-state index is -0.281. The van der Waals surface area contributed by atoms with Gasteiger partial charge in [0.05, 0.1) is 11.4 Å². The van der Waals surface area contributed by atoms with Gasteiger partial charge in [-0.3, -0.25) is 9.78 Å². The maximum absolute atomic E-state index is 12.5. The maximum Gasteiger partial charge on any atom is 0.252 e. The zero-order valence-corrected chi connectivity index (χ0v) is 18.7. The first-order valence-electron chi connectivity index (χ1n) is 10.5.